The Kier molecular flexibility index (Phi) is 6.50. The van der Waals surface area contributed by atoms with Crippen molar-refractivity contribution in [1.82, 2.24) is 0 Å². The molecule has 0 aromatic heterocycles. The van der Waals surface area contributed by atoms with Gasteiger partial charge >= 0.3 is 0 Å². The van der Waals surface area contributed by atoms with E-state index in [1.165, 1.54) is 0 Å². The molecule has 1 aromatic carbocycles. The van der Waals surface area contributed by atoms with Crippen LogP contribution in [0.5, 0.6) is 0 Å². The summed E-state index contributed by atoms with van der Waals surface area (Å²) in [6.07, 6.45) is 0. The van der Waals surface area contributed by atoms with Crippen LogP contribution in [0.2, 0.25) is 5.02 Å². The largest absolute Gasteiger partial charge is 0.399 e. The van der Waals surface area contributed by atoms with Crippen molar-refractivity contribution in [2.75, 3.05) is 38.4 Å². The van der Waals surface area contributed by atoms with Gasteiger partial charge < -0.3 is 15.2 Å². The topological polar surface area (TPSA) is 61.5 Å². The second-order valence-corrected chi connectivity index (χ2v) is 5.29. The molecule has 0 spiro atoms. The molecule has 0 saturated carbocycles. The lowest BCUT2D eigenvalue weighted by atomic mass is 10.3. The Hall–Kier alpha value is -0.620. The Morgan fingerprint density at radius 2 is 2.12 bits per heavy atom. The van der Waals surface area contributed by atoms with Gasteiger partial charge in [-0.15, -0.1) is 0 Å². The lowest BCUT2D eigenvalue weighted by Crippen LogP contribution is -2.10. The molecular weight excluding hydrogens is 262 g/mol. The summed E-state index contributed by atoms with van der Waals surface area (Å²) in [5.41, 5.74) is 6.17. The summed E-state index contributed by atoms with van der Waals surface area (Å²) in [4.78, 5) is 0.557. The van der Waals surface area contributed by atoms with Crippen LogP contribution in [0.4, 0.5) is 5.69 Å². The zero-order valence-corrected chi connectivity index (χ0v) is 11.2. The third kappa shape index (κ3) is 5.04. The van der Waals surface area contributed by atoms with Gasteiger partial charge in [-0.2, -0.15) is 0 Å². The maximum absolute atomic E-state index is 11.9. The van der Waals surface area contributed by atoms with E-state index in [0.29, 0.717) is 41.2 Å². The van der Waals surface area contributed by atoms with Crippen LogP contribution >= 0.6 is 11.6 Å². The number of rotatable bonds is 7. The number of methoxy groups -OCH3 is 1. The fraction of sp³-hybridized carbons (Fsp3) is 0.455. The van der Waals surface area contributed by atoms with Crippen LogP contribution in [-0.2, 0) is 20.3 Å². The molecule has 1 atom stereocenters. The molecule has 0 saturated heterocycles. The van der Waals surface area contributed by atoms with E-state index in [0.717, 1.165) is 0 Å². The molecule has 1 aromatic rings. The minimum Gasteiger partial charge on any atom is -0.399 e. The fourth-order valence-electron chi connectivity index (χ4n) is 1.18. The highest BCUT2D eigenvalue weighted by Crippen LogP contribution is 2.22. The van der Waals surface area contributed by atoms with E-state index in [4.69, 9.17) is 26.8 Å². The van der Waals surface area contributed by atoms with E-state index in [2.05, 4.69) is 0 Å². The van der Waals surface area contributed by atoms with Crippen molar-refractivity contribution in [2.45, 2.75) is 4.90 Å². The zero-order chi connectivity index (χ0) is 12.7. The molecule has 0 bridgehead atoms. The predicted octanol–water partition coefficient (Wildman–Crippen LogP) is 1.69. The molecule has 0 aliphatic heterocycles. The van der Waals surface area contributed by atoms with Crippen LogP contribution in [0.15, 0.2) is 23.1 Å². The number of hydrogen-bond donors (Lipinski definition) is 1. The van der Waals surface area contributed by atoms with Crippen LogP contribution < -0.4 is 5.73 Å². The number of halogens is 1. The first-order chi connectivity index (χ1) is 8.15. The maximum Gasteiger partial charge on any atom is 0.0700 e. The molecule has 0 aliphatic rings. The molecule has 2 N–H and O–H groups in total. The number of hydrogen-bond acceptors (Lipinski definition) is 4. The first-order valence-corrected chi connectivity index (χ1v) is 6.85. The van der Waals surface area contributed by atoms with Crippen LogP contribution in [-0.4, -0.2) is 36.9 Å². The van der Waals surface area contributed by atoms with Gasteiger partial charge in [0.05, 0.1) is 46.3 Å². The van der Waals surface area contributed by atoms with E-state index in [9.17, 15) is 4.21 Å². The number of nitrogen functional groups attached to an aromatic ring is 1. The zero-order valence-electron chi connectivity index (χ0n) is 9.65. The number of nitrogens with two attached hydrogens (primary N) is 1. The Balaban J connectivity index is 2.44. The monoisotopic (exact) mass is 277 g/mol. The molecule has 0 heterocycles. The molecule has 1 rings (SSSR count). The normalized spacial score (nSPS) is 12.6. The van der Waals surface area contributed by atoms with Gasteiger partial charge in [0.2, 0.25) is 0 Å². The molecule has 96 valence electrons. The van der Waals surface area contributed by atoms with E-state index >= 15 is 0 Å². The fourth-order valence-corrected chi connectivity index (χ4v) is 2.60. The molecule has 1 unspecified atom stereocenters. The van der Waals surface area contributed by atoms with Crippen molar-refractivity contribution in [1.29, 1.82) is 0 Å². The number of ether oxygens (including phenoxy) is 2. The first kappa shape index (κ1) is 14.4. The lowest BCUT2D eigenvalue weighted by molar-refractivity contribution is 0.0787. The highest BCUT2D eigenvalue weighted by atomic mass is 35.5. The third-order valence-electron chi connectivity index (χ3n) is 2.05. The van der Waals surface area contributed by atoms with Gasteiger partial charge in [0.25, 0.3) is 0 Å². The third-order valence-corrected chi connectivity index (χ3v) is 3.85. The second kappa shape index (κ2) is 7.66. The van der Waals surface area contributed by atoms with E-state index in [1.54, 1.807) is 25.3 Å². The number of benzene rings is 1. The molecule has 0 amide bonds. The summed E-state index contributed by atoms with van der Waals surface area (Å²) in [6.45, 7) is 1.44. The summed E-state index contributed by atoms with van der Waals surface area (Å²) in [5.74, 6) is 0.396. The maximum atomic E-state index is 11.9. The average molecular weight is 278 g/mol. The van der Waals surface area contributed by atoms with Crippen molar-refractivity contribution < 1.29 is 13.7 Å². The van der Waals surface area contributed by atoms with Gasteiger partial charge in [-0.25, -0.2) is 0 Å². The van der Waals surface area contributed by atoms with Crippen LogP contribution in [0.1, 0.15) is 0 Å². The van der Waals surface area contributed by atoms with Gasteiger partial charge in [0.1, 0.15) is 0 Å². The van der Waals surface area contributed by atoms with Crippen LogP contribution in [0, 0.1) is 0 Å². The molecular formula is C11H16ClNO3S. The van der Waals surface area contributed by atoms with Crippen LogP contribution in [0.25, 0.3) is 0 Å². The summed E-state index contributed by atoms with van der Waals surface area (Å²) >= 11 is 5.94. The highest BCUT2D eigenvalue weighted by molar-refractivity contribution is 7.85. The molecule has 6 heteroatoms. The summed E-state index contributed by atoms with van der Waals surface area (Å²) in [6, 6.07) is 4.96. The Labute approximate surface area is 109 Å². The van der Waals surface area contributed by atoms with Crippen molar-refractivity contribution in [3.63, 3.8) is 0 Å². The Morgan fingerprint density at radius 3 is 2.82 bits per heavy atom. The summed E-state index contributed by atoms with van der Waals surface area (Å²) in [7, 11) is 0.417. The van der Waals surface area contributed by atoms with Crippen molar-refractivity contribution >= 4 is 28.1 Å². The van der Waals surface area contributed by atoms with Crippen LogP contribution in [0.3, 0.4) is 0 Å². The predicted molar refractivity (Wildman–Crippen MR) is 69.8 cm³/mol. The lowest BCUT2D eigenvalue weighted by Gasteiger charge is -2.06. The van der Waals surface area contributed by atoms with Crippen molar-refractivity contribution in [2.24, 2.45) is 0 Å². The Bertz CT molecular complexity index is 387. The molecule has 17 heavy (non-hydrogen) atoms. The molecule has 0 fully saturated rings. The smallest absolute Gasteiger partial charge is 0.0700 e. The summed E-state index contributed by atoms with van der Waals surface area (Å²) < 4.78 is 22.0. The molecule has 4 nitrogen and oxygen atoms in total. The standard InChI is InChI=1S/C11H16ClNO3S/c1-15-4-5-16-6-7-17(14)11-8-9(13)2-3-10(11)12/h2-3,8H,4-7,13H2,1H3. The van der Waals surface area contributed by atoms with E-state index in [-0.39, 0.29) is 0 Å². The minimum atomic E-state index is -1.19. The molecule has 0 aliphatic carbocycles. The van der Waals surface area contributed by atoms with Gasteiger partial charge in [0, 0.05) is 12.8 Å². The van der Waals surface area contributed by atoms with Gasteiger partial charge in [-0.3, -0.25) is 4.21 Å². The second-order valence-electron chi connectivity index (χ2n) is 3.34. The van der Waals surface area contributed by atoms with Gasteiger partial charge in [-0.1, -0.05) is 11.6 Å². The average Bonchev–Trinajstić information content (AvgIpc) is 2.32. The molecule has 0 radical (unpaired) electrons. The highest BCUT2D eigenvalue weighted by Gasteiger charge is 2.09. The first-order valence-electron chi connectivity index (χ1n) is 5.15. The minimum absolute atomic E-state index is 0.396. The summed E-state index contributed by atoms with van der Waals surface area (Å²) in [5, 5.41) is 0.467. The van der Waals surface area contributed by atoms with E-state index < -0.39 is 10.8 Å². The number of anilines is 1. The van der Waals surface area contributed by atoms with Crippen molar-refractivity contribution in [3.8, 4) is 0 Å². The Morgan fingerprint density at radius 1 is 1.35 bits per heavy atom. The van der Waals surface area contributed by atoms with E-state index in [1.807, 2.05) is 0 Å². The van der Waals surface area contributed by atoms with Gasteiger partial charge in [0.15, 0.2) is 0 Å². The quantitative estimate of drug-likeness (QED) is 0.609. The van der Waals surface area contributed by atoms with Crippen molar-refractivity contribution in [3.05, 3.63) is 23.2 Å². The van der Waals surface area contributed by atoms with Gasteiger partial charge in [-0.05, 0) is 18.2 Å². The SMILES string of the molecule is COCCOCCS(=O)c1cc(N)ccc1Cl.